The fourth-order valence-electron chi connectivity index (χ4n) is 2.64. The zero-order valence-electron chi connectivity index (χ0n) is 15.3. The number of nitrogens with zero attached hydrogens (tertiary/aromatic N) is 3. The Morgan fingerprint density at radius 1 is 1.29 bits per heavy atom. The molecule has 0 unspecified atom stereocenters. The predicted octanol–water partition coefficient (Wildman–Crippen LogP) is 4.06. The lowest BCUT2D eigenvalue weighted by molar-refractivity contribution is -0.113. The molecule has 146 valence electrons. The molecular weight excluding hydrogens is 400 g/mol. The molecule has 1 heterocycles. The van der Waals surface area contributed by atoms with Crippen LogP contribution in [0.25, 0.3) is 11.4 Å². The fourth-order valence-corrected chi connectivity index (χ4v) is 3.61. The van der Waals surface area contributed by atoms with E-state index in [1.807, 2.05) is 17.6 Å². The maximum absolute atomic E-state index is 12.4. The van der Waals surface area contributed by atoms with Crippen LogP contribution in [-0.4, -0.2) is 38.6 Å². The molecule has 9 heteroatoms. The summed E-state index contributed by atoms with van der Waals surface area (Å²) in [5, 5.41) is 22.3. The Hall–Kier alpha value is -2.71. The number of anilines is 1. The van der Waals surface area contributed by atoms with E-state index in [1.165, 1.54) is 18.9 Å². The van der Waals surface area contributed by atoms with Crippen LogP contribution in [-0.2, 0) is 11.3 Å². The van der Waals surface area contributed by atoms with Gasteiger partial charge in [0.25, 0.3) is 0 Å². The highest BCUT2D eigenvalue weighted by Gasteiger charge is 2.17. The summed E-state index contributed by atoms with van der Waals surface area (Å²) in [6.45, 7) is 2.55. The van der Waals surface area contributed by atoms with Gasteiger partial charge in [0.2, 0.25) is 5.91 Å². The second kappa shape index (κ2) is 8.99. The molecule has 3 aromatic rings. The number of hydrogen-bond donors (Lipinski definition) is 2. The lowest BCUT2D eigenvalue weighted by atomic mass is 10.2. The van der Waals surface area contributed by atoms with Crippen molar-refractivity contribution in [3.05, 3.63) is 47.5 Å². The van der Waals surface area contributed by atoms with Gasteiger partial charge in [0, 0.05) is 11.6 Å². The third-order valence-corrected chi connectivity index (χ3v) is 5.15. The lowest BCUT2D eigenvalue weighted by Gasteiger charge is -2.11. The van der Waals surface area contributed by atoms with Crippen LogP contribution < -0.4 is 10.1 Å². The van der Waals surface area contributed by atoms with Gasteiger partial charge in [0.1, 0.15) is 11.5 Å². The minimum atomic E-state index is -0.222. The Kier molecular flexibility index (Phi) is 6.43. The number of thioether (sulfide) groups is 1. The maximum Gasteiger partial charge on any atom is 0.234 e. The molecule has 0 fully saturated rings. The zero-order valence-corrected chi connectivity index (χ0v) is 16.9. The first-order chi connectivity index (χ1) is 13.5. The summed E-state index contributed by atoms with van der Waals surface area (Å²) in [6, 6.07) is 12.0. The van der Waals surface area contributed by atoms with E-state index in [0.29, 0.717) is 39.5 Å². The van der Waals surface area contributed by atoms with Crippen LogP contribution >= 0.6 is 23.4 Å². The van der Waals surface area contributed by atoms with E-state index in [9.17, 15) is 9.90 Å². The number of aromatic hydroxyl groups is 1. The molecule has 0 saturated heterocycles. The Balaban J connectivity index is 1.72. The van der Waals surface area contributed by atoms with Crippen LogP contribution in [0.15, 0.2) is 47.6 Å². The second-order valence-electron chi connectivity index (χ2n) is 5.75. The molecule has 1 amide bonds. The van der Waals surface area contributed by atoms with Crippen LogP contribution in [0.3, 0.4) is 0 Å². The monoisotopic (exact) mass is 418 g/mol. The molecule has 7 nitrogen and oxygen atoms in total. The minimum absolute atomic E-state index is 0.131. The number of rotatable bonds is 7. The summed E-state index contributed by atoms with van der Waals surface area (Å²) in [6.07, 6.45) is 0. The van der Waals surface area contributed by atoms with Gasteiger partial charge in [-0.2, -0.15) is 0 Å². The van der Waals surface area contributed by atoms with Gasteiger partial charge in [0.05, 0.1) is 24.1 Å². The van der Waals surface area contributed by atoms with Crippen molar-refractivity contribution in [1.82, 2.24) is 14.8 Å². The van der Waals surface area contributed by atoms with Crippen molar-refractivity contribution < 1.29 is 14.6 Å². The lowest BCUT2D eigenvalue weighted by Crippen LogP contribution is -2.15. The summed E-state index contributed by atoms with van der Waals surface area (Å²) >= 11 is 7.25. The first-order valence-corrected chi connectivity index (χ1v) is 9.87. The number of phenols is 1. The molecule has 0 aliphatic rings. The molecule has 0 atom stereocenters. The van der Waals surface area contributed by atoms with E-state index in [-0.39, 0.29) is 17.4 Å². The highest BCUT2D eigenvalue weighted by atomic mass is 35.5. The van der Waals surface area contributed by atoms with E-state index >= 15 is 0 Å². The van der Waals surface area contributed by atoms with Crippen molar-refractivity contribution in [2.75, 3.05) is 18.2 Å². The van der Waals surface area contributed by atoms with Crippen LogP contribution in [0.2, 0.25) is 5.02 Å². The number of phenolic OH excluding ortho intramolecular Hbond substituents is 1. The molecule has 0 bridgehead atoms. The highest BCUT2D eigenvalue weighted by molar-refractivity contribution is 7.99. The SMILES string of the molecule is CCn1c(SCC(=O)Nc2cc(Cl)ccc2OC)nnc1-c1ccccc1O. The predicted molar refractivity (Wildman–Crippen MR) is 110 cm³/mol. The normalized spacial score (nSPS) is 10.7. The number of carbonyl (C=O) groups excluding carboxylic acids is 1. The second-order valence-corrected chi connectivity index (χ2v) is 7.13. The van der Waals surface area contributed by atoms with Gasteiger partial charge in [-0.05, 0) is 37.3 Å². The molecule has 0 radical (unpaired) electrons. The molecule has 0 saturated carbocycles. The van der Waals surface area contributed by atoms with Crippen molar-refractivity contribution in [2.24, 2.45) is 0 Å². The molecule has 1 aromatic heterocycles. The van der Waals surface area contributed by atoms with Gasteiger partial charge in [-0.15, -0.1) is 10.2 Å². The topological polar surface area (TPSA) is 89.3 Å². The minimum Gasteiger partial charge on any atom is -0.507 e. The Bertz CT molecular complexity index is 993. The third-order valence-electron chi connectivity index (χ3n) is 3.95. The van der Waals surface area contributed by atoms with Gasteiger partial charge in [-0.3, -0.25) is 4.79 Å². The Labute approximate surface area is 171 Å². The standard InChI is InChI=1S/C19H19ClN4O3S/c1-3-24-18(13-6-4-5-7-15(13)25)22-23-19(24)28-11-17(26)21-14-10-12(20)8-9-16(14)27-2/h4-10,25H,3,11H2,1-2H3,(H,21,26). The van der Waals surface area contributed by atoms with Gasteiger partial charge >= 0.3 is 0 Å². The summed E-state index contributed by atoms with van der Waals surface area (Å²) in [5.74, 6) is 1.13. The van der Waals surface area contributed by atoms with Crippen LogP contribution in [0, 0.1) is 0 Å². The molecule has 2 N–H and O–H groups in total. The number of hydrogen-bond acceptors (Lipinski definition) is 6. The van der Waals surface area contributed by atoms with Crippen molar-refractivity contribution in [3.63, 3.8) is 0 Å². The summed E-state index contributed by atoms with van der Waals surface area (Å²) in [5.41, 5.74) is 1.10. The third kappa shape index (κ3) is 4.40. The molecule has 2 aromatic carbocycles. The Morgan fingerprint density at radius 3 is 2.79 bits per heavy atom. The molecular formula is C19H19ClN4O3S. The van der Waals surface area contributed by atoms with Gasteiger partial charge in [-0.1, -0.05) is 35.5 Å². The van der Waals surface area contributed by atoms with E-state index in [4.69, 9.17) is 16.3 Å². The molecule has 28 heavy (non-hydrogen) atoms. The van der Waals surface area contributed by atoms with Gasteiger partial charge in [-0.25, -0.2) is 0 Å². The van der Waals surface area contributed by atoms with E-state index in [1.54, 1.807) is 36.4 Å². The van der Waals surface area contributed by atoms with Crippen LogP contribution in [0.5, 0.6) is 11.5 Å². The number of halogens is 1. The average Bonchev–Trinajstić information content (AvgIpc) is 3.09. The number of aromatic nitrogens is 3. The van der Waals surface area contributed by atoms with Crippen molar-refractivity contribution in [2.45, 2.75) is 18.6 Å². The molecule has 0 aliphatic heterocycles. The first-order valence-electron chi connectivity index (χ1n) is 8.51. The van der Waals surface area contributed by atoms with Gasteiger partial charge in [0.15, 0.2) is 11.0 Å². The summed E-state index contributed by atoms with van der Waals surface area (Å²) in [7, 11) is 1.53. The van der Waals surface area contributed by atoms with E-state index in [2.05, 4.69) is 15.5 Å². The Morgan fingerprint density at radius 2 is 2.07 bits per heavy atom. The first kappa shape index (κ1) is 20.0. The number of methoxy groups -OCH3 is 1. The quantitative estimate of drug-likeness (QED) is 0.562. The van der Waals surface area contributed by atoms with E-state index < -0.39 is 0 Å². The van der Waals surface area contributed by atoms with Crippen LogP contribution in [0.4, 0.5) is 5.69 Å². The number of para-hydroxylation sites is 1. The van der Waals surface area contributed by atoms with E-state index in [0.717, 1.165) is 0 Å². The highest BCUT2D eigenvalue weighted by Crippen LogP contribution is 2.31. The van der Waals surface area contributed by atoms with Crippen molar-refractivity contribution in [1.29, 1.82) is 0 Å². The smallest absolute Gasteiger partial charge is 0.234 e. The molecule has 0 aliphatic carbocycles. The number of benzene rings is 2. The van der Waals surface area contributed by atoms with Crippen molar-refractivity contribution >= 4 is 35.0 Å². The number of amides is 1. The maximum atomic E-state index is 12.4. The number of carbonyl (C=O) groups is 1. The largest absolute Gasteiger partial charge is 0.507 e. The van der Waals surface area contributed by atoms with Gasteiger partial charge < -0.3 is 19.7 Å². The average molecular weight is 419 g/mol. The van der Waals surface area contributed by atoms with Crippen LogP contribution in [0.1, 0.15) is 6.92 Å². The fraction of sp³-hybridized carbons (Fsp3) is 0.211. The molecule has 3 rings (SSSR count). The molecule has 0 spiro atoms. The summed E-state index contributed by atoms with van der Waals surface area (Å²) in [4.78, 5) is 12.4. The number of nitrogens with one attached hydrogen (secondary N) is 1. The zero-order chi connectivity index (χ0) is 20.1. The summed E-state index contributed by atoms with van der Waals surface area (Å²) < 4.78 is 7.09. The number of ether oxygens (including phenoxy) is 1. The van der Waals surface area contributed by atoms with Crippen molar-refractivity contribution in [3.8, 4) is 22.9 Å².